The summed E-state index contributed by atoms with van der Waals surface area (Å²) in [6, 6.07) is 0. The van der Waals surface area contributed by atoms with Crippen molar-refractivity contribution >= 4 is 13.6 Å². The van der Waals surface area contributed by atoms with Crippen molar-refractivity contribution in [2.75, 3.05) is 46.6 Å². The first-order valence-electron chi connectivity index (χ1n) is 14.3. The first-order chi connectivity index (χ1) is 16.7. The summed E-state index contributed by atoms with van der Waals surface area (Å²) in [6.07, 6.45) is 16.5. The Balaban J connectivity index is 4.12. The molecule has 2 N–H and O–H groups in total. The van der Waals surface area contributed by atoms with Gasteiger partial charge >= 0.3 is 13.6 Å². The van der Waals surface area contributed by atoms with Gasteiger partial charge < -0.3 is 23.8 Å². The number of unbranched alkanes of at least 4 members (excludes halogenated alkanes) is 9. The highest BCUT2D eigenvalue weighted by Crippen LogP contribution is 2.41. The SMILES string of the molecule is CCCCCCCCCCCCC(CC)CCOCC(COP(=O)(O)CC[NH+](C)C)OC(=O)CC. The van der Waals surface area contributed by atoms with Crippen LogP contribution >= 0.6 is 7.60 Å². The number of hydrogen-bond acceptors (Lipinski definition) is 5. The second-order valence-electron chi connectivity index (χ2n) is 10.2. The van der Waals surface area contributed by atoms with E-state index < -0.39 is 13.7 Å². The fourth-order valence-corrected chi connectivity index (χ4v) is 5.21. The Bertz CT molecular complexity index is 546. The van der Waals surface area contributed by atoms with Gasteiger partial charge in [-0.1, -0.05) is 97.8 Å². The van der Waals surface area contributed by atoms with Crippen LogP contribution in [0.3, 0.4) is 0 Å². The smallest absolute Gasteiger partial charge is 0.333 e. The Morgan fingerprint density at radius 2 is 1.49 bits per heavy atom. The highest BCUT2D eigenvalue weighted by atomic mass is 31.2. The van der Waals surface area contributed by atoms with Gasteiger partial charge in [-0.2, -0.15) is 0 Å². The van der Waals surface area contributed by atoms with Crippen LogP contribution in [0.4, 0.5) is 0 Å². The second-order valence-corrected chi connectivity index (χ2v) is 12.2. The van der Waals surface area contributed by atoms with Gasteiger partial charge in [-0.05, 0) is 12.3 Å². The predicted octanol–water partition coefficient (Wildman–Crippen LogP) is 5.40. The van der Waals surface area contributed by atoms with Gasteiger partial charge in [-0.25, -0.2) is 0 Å². The Labute approximate surface area is 216 Å². The molecule has 35 heavy (non-hydrogen) atoms. The first-order valence-corrected chi connectivity index (χ1v) is 16.0. The molecule has 0 saturated carbocycles. The molecule has 0 radical (unpaired) electrons. The van der Waals surface area contributed by atoms with E-state index in [-0.39, 0.29) is 31.8 Å². The average Bonchev–Trinajstić information content (AvgIpc) is 2.83. The van der Waals surface area contributed by atoms with Gasteiger partial charge in [-0.3, -0.25) is 9.36 Å². The maximum absolute atomic E-state index is 12.2. The summed E-state index contributed by atoms with van der Waals surface area (Å²) in [5.74, 6) is 0.281. The zero-order valence-corrected chi connectivity index (χ0v) is 24.4. The third kappa shape index (κ3) is 22.5. The van der Waals surface area contributed by atoms with Crippen molar-refractivity contribution in [1.29, 1.82) is 0 Å². The lowest BCUT2D eigenvalue weighted by Crippen LogP contribution is -3.06. The van der Waals surface area contributed by atoms with E-state index in [9.17, 15) is 14.3 Å². The molecule has 0 saturated heterocycles. The summed E-state index contributed by atoms with van der Waals surface area (Å²) < 4.78 is 28.6. The van der Waals surface area contributed by atoms with E-state index in [1.807, 2.05) is 14.1 Å². The van der Waals surface area contributed by atoms with Crippen LogP contribution in [0.2, 0.25) is 0 Å². The molecule has 3 unspecified atom stereocenters. The molecule has 0 spiro atoms. The van der Waals surface area contributed by atoms with Gasteiger partial charge in [0.15, 0.2) is 0 Å². The summed E-state index contributed by atoms with van der Waals surface area (Å²) in [6.45, 7) is 7.39. The number of quaternary nitrogens is 1. The van der Waals surface area contributed by atoms with Crippen molar-refractivity contribution in [3.63, 3.8) is 0 Å². The molecule has 3 atom stereocenters. The fourth-order valence-electron chi connectivity index (χ4n) is 3.95. The number of nitrogens with one attached hydrogen (secondary N) is 1. The molecule has 210 valence electrons. The number of carbonyl (C=O) groups excluding carboxylic acids is 1. The van der Waals surface area contributed by atoms with E-state index >= 15 is 0 Å². The van der Waals surface area contributed by atoms with Gasteiger partial charge in [0.1, 0.15) is 6.10 Å². The van der Waals surface area contributed by atoms with Gasteiger partial charge in [0.25, 0.3) is 0 Å². The predicted molar refractivity (Wildman–Crippen MR) is 144 cm³/mol. The van der Waals surface area contributed by atoms with E-state index in [2.05, 4.69) is 13.8 Å². The summed E-state index contributed by atoms with van der Waals surface area (Å²) in [5, 5.41) is 0. The molecule has 0 aromatic rings. The van der Waals surface area contributed by atoms with Crippen LogP contribution in [0.1, 0.15) is 111 Å². The van der Waals surface area contributed by atoms with Crippen LogP contribution < -0.4 is 4.90 Å². The lowest BCUT2D eigenvalue weighted by molar-refractivity contribution is -0.855. The molecule has 7 nitrogen and oxygen atoms in total. The van der Waals surface area contributed by atoms with Crippen molar-refractivity contribution in [2.24, 2.45) is 5.92 Å². The molecule has 0 aliphatic heterocycles. The van der Waals surface area contributed by atoms with Crippen molar-refractivity contribution in [1.82, 2.24) is 0 Å². The first kappa shape index (κ1) is 34.5. The Morgan fingerprint density at radius 1 is 0.886 bits per heavy atom. The Morgan fingerprint density at radius 3 is 2.03 bits per heavy atom. The summed E-state index contributed by atoms with van der Waals surface area (Å²) in [7, 11) is 0.123. The molecule has 0 aliphatic carbocycles. The number of esters is 1. The van der Waals surface area contributed by atoms with Crippen LogP contribution in [-0.4, -0.2) is 63.6 Å². The molecule has 0 heterocycles. The standard InChI is InChI=1S/C27H56NO6P/c1-6-9-10-11-12-13-14-15-16-17-18-25(7-2)19-21-32-23-26(34-27(29)8-3)24-33-35(30,31)22-20-28(4)5/h25-26H,6-24H2,1-5H3,(H,30,31)/p+1. The number of carbonyl (C=O) groups is 1. The van der Waals surface area contributed by atoms with Gasteiger partial charge in [0, 0.05) is 13.0 Å². The lowest BCUT2D eigenvalue weighted by Gasteiger charge is -2.21. The zero-order chi connectivity index (χ0) is 26.4. The largest absolute Gasteiger partial charge is 0.457 e. The molecule has 0 aliphatic rings. The van der Waals surface area contributed by atoms with Crippen LogP contribution in [0.5, 0.6) is 0 Å². The molecule has 0 amide bonds. The molecule has 0 aromatic heterocycles. The van der Waals surface area contributed by atoms with Crippen LogP contribution in [0, 0.1) is 5.92 Å². The minimum absolute atomic E-state index is 0.0712. The Kier molecular flexibility index (Phi) is 22.4. The van der Waals surface area contributed by atoms with Crippen molar-refractivity contribution in [3.8, 4) is 0 Å². The number of ether oxygens (including phenoxy) is 2. The zero-order valence-electron chi connectivity index (χ0n) is 23.5. The molecule has 0 aromatic carbocycles. The van der Waals surface area contributed by atoms with E-state index in [0.717, 1.165) is 17.7 Å². The van der Waals surface area contributed by atoms with E-state index in [4.69, 9.17) is 14.0 Å². The monoisotopic (exact) mass is 522 g/mol. The van der Waals surface area contributed by atoms with Gasteiger partial charge in [0.05, 0.1) is 40.0 Å². The third-order valence-corrected chi connectivity index (χ3v) is 7.80. The van der Waals surface area contributed by atoms with Crippen LogP contribution in [0.25, 0.3) is 0 Å². The highest BCUT2D eigenvalue weighted by Gasteiger charge is 2.24. The highest BCUT2D eigenvalue weighted by molar-refractivity contribution is 7.52. The molecular weight excluding hydrogens is 465 g/mol. The quantitative estimate of drug-likeness (QED) is 0.0949. The lowest BCUT2D eigenvalue weighted by atomic mass is 9.95. The summed E-state index contributed by atoms with van der Waals surface area (Å²) in [5.41, 5.74) is 0. The minimum Gasteiger partial charge on any atom is -0.457 e. The fraction of sp³-hybridized carbons (Fsp3) is 0.963. The average molecular weight is 523 g/mol. The topological polar surface area (TPSA) is 86.5 Å². The molecule has 0 rings (SSSR count). The van der Waals surface area contributed by atoms with Crippen molar-refractivity contribution in [3.05, 3.63) is 0 Å². The summed E-state index contributed by atoms with van der Waals surface area (Å²) in [4.78, 5) is 22.8. The maximum atomic E-state index is 12.2. The number of rotatable bonds is 25. The maximum Gasteiger partial charge on any atom is 0.333 e. The van der Waals surface area contributed by atoms with E-state index in [1.54, 1.807) is 6.92 Å². The molecule has 0 bridgehead atoms. The normalized spacial score (nSPS) is 15.2. The Hall–Kier alpha value is -0.460. The van der Waals surface area contributed by atoms with Crippen molar-refractivity contribution in [2.45, 2.75) is 117 Å². The molecule has 0 fully saturated rings. The van der Waals surface area contributed by atoms with Gasteiger partial charge in [-0.15, -0.1) is 0 Å². The van der Waals surface area contributed by atoms with Crippen LogP contribution in [0.15, 0.2) is 0 Å². The van der Waals surface area contributed by atoms with Crippen LogP contribution in [-0.2, 0) is 23.4 Å². The van der Waals surface area contributed by atoms with Gasteiger partial charge in [0.2, 0.25) is 0 Å². The third-order valence-electron chi connectivity index (χ3n) is 6.46. The molecular formula is C27H57NO6P+. The second kappa shape index (κ2) is 22.7. The van der Waals surface area contributed by atoms with E-state index in [0.29, 0.717) is 19.1 Å². The van der Waals surface area contributed by atoms with E-state index in [1.165, 1.54) is 70.6 Å². The summed E-state index contributed by atoms with van der Waals surface area (Å²) >= 11 is 0. The molecule has 8 heteroatoms. The van der Waals surface area contributed by atoms with Crippen molar-refractivity contribution < 1.29 is 33.2 Å². The number of hydrogen-bond donors (Lipinski definition) is 2. The minimum atomic E-state index is -3.71.